The highest BCUT2D eigenvalue weighted by Crippen LogP contribution is 2.21. The molecule has 1 amide bonds. The largest absolute Gasteiger partial charge is 0.355 e. The van der Waals surface area contributed by atoms with E-state index in [9.17, 15) is 4.79 Å². The van der Waals surface area contributed by atoms with Gasteiger partial charge >= 0.3 is 0 Å². The molecule has 2 rings (SSSR count). The minimum atomic E-state index is -0.0675. The summed E-state index contributed by atoms with van der Waals surface area (Å²) < 4.78 is 0. The third-order valence-electron chi connectivity index (χ3n) is 3.29. The van der Waals surface area contributed by atoms with Crippen LogP contribution in [0.25, 0.3) is 0 Å². The molecule has 0 radical (unpaired) electrons. The predicted molar refractivity (Wildman–Crippen MR) is 96.3 cm³/mol. The van der Waals surface area contributed by atoms with Crippen molar-refractivity contribution < 1.29 is 4.79 Å². The van der Waals surface area contributed by atoms with Crippen LogP contribution in [-0.2, 0) is 17.8 Å². The maximum absolute atomic E-state index is 11.8. The second kappa shape index (κ2) is 9.14. The van der Waals surface area contributed by atoms with E-state index in [0.29, 0.717) is 34.6 Å². The first kappa shape index (κ1) is 18.1. The van der Waals surface area contributed by atoms with Gasteiger partial charge in [-0.25, -0.2) is 0 Å². The molecule has 0 spiro atoms. The zero-order valence-electron chi connectivity index (χ0n) is 12.4. The fraction of sp³-hybridized carbons (Fsp3) is 0.235. The molecule has 0 unspecified atom stereocenters. The number of carbonyl (C=O) groups excluding carboxylic acids is 1. The predicted octanol–water partition coefficient (Wildman–Crippen LogP) is 4.10. The van der Waals surface area contributed by atoms with E-state index in [0.717, 1.165) is 11.1 Å². The van der Waals surface area contributed by atoms with Crippen LogP contribution >= 0.6 is 34.8 Å². The molecule has 0 bridgehead atoms. The second-order valence-electron chi connectivity index (χ2n) is 5.03. The fourth-order valence-corrected chi connectivity index (χ4v) is 2.78. The molecule has 122 valence electrons. The van der Waals surface area contributed by atoms with Gasteiger partial charge in [-0.2, -0.15) is 0 Å². The van der Waals surface area contributed by atoms with Crippen LogP contribution in [-0.4, -0.2) is 19.0 Å². The molecule has 0 saturated carbocycles. The summed E-state index contributed by atoms with van der Waals surface area (Å²) in [7, 11) is 0. The van der Waals surface area contributed by atoms with Gasteiger partial charge in [-0.05, 0) is 35.7 Å². The minimum absolute atomic E-state index is 0.0675. The summed E-state index contributed by atoms with van der Waals surface area (Å²) in [5, 5.41) is 7.83. The molecule has 0 aliphatic carbocycles. The maximum atomic E-state index is 11.8. The molecular formula is C17H17Cl3N2O. The van der Waals surface area contributed by atoms with Crippen LogP contribution < -0.4 is 10.6 Å². The average molecular weight is 372 g/mol. The van der Waals surface area contributed by atoms with Crippen molar-refractivity contribution in [3.05, 3.63) is 68.7 Å². The lowest BCUT2D eigenvalue weighted by Gasteiger charge is -2.09. The normalized spacial score (nSPS) is 10.6. The third kappa shape index (κ3) is 6.04. The Kier molecular flexibility index (Phi) is 7.18. The zero-order chi connectivity index (χ0) is 16.7. The summed E-state index contributed by atoms with van der Waals surface area (Å²) in [4.78, 5) is 11.8. The fourth-order valence-electron chi connectivity index (χ4n) is 2.08. The molecule has 2 aromatic carbocycles. The zero-order valence-corrected chi connectivity index (χ0v) is 14.7. The van der Waals surface area contributed by atoms with E-state index in [1.54, 1.807) is 12.1 Å². The van der Waals surface area contributed by atoms with Crippen LogP contribution in [0, 0.1) is 0 Å². The van der Waals surface area contributed by atoms with Gasteiger partial charge in [0.2, 0.25) is 5.91 Å². The van der Waals surface area contributed by atoms with Crippen molar-refractivity contribution in [2.75, 3.05) is 13.1 Å². The van der Waals surface area contributed by atoms with Gasteiger partial charge in [-0.3, -0.25) is 4.79 Å². The maximum Gasteiger partial charge on any atom is 0.233 e. The van der Waals surface area contributed by atoms with Gasteiger partial charge < -0.3 is 10.6 Å². The first-order valence-corrected chi connectivity index (χ1v) is 8.34. The highest BCUT2D eigenvalue weighted by atomic mass is 35.5. The van der Waals surface area contributed by atoms with Gasteiger partial charge in [0.25, 0.3) is 0 Å². The molecule has 0 aliphatic rings. The van der Waals surface area contributed by atoms with Crippen molar-refractivity contribution >= 4 is 40.7 Å². The van der Waals surface area contributed by atoms with Crippen molar-refractivity contribution in [3.63, 3.8) is 0 Å². The first-order valence-electron chi connectivity index (χ1n) is 7.21. The summed E-state index contributed by atoms with van der Waals surface area (Å²) in [6.45, 7) is 1.31. The summed E-state index contributed by atoms with van der Waals surface area (Å²) >= 11 is 18.0. The van der Waals surface area contributed by atoms with Gasteiger partial charge in [0, 0.05) is 28.2 Å². The standard InChI is InChI=1S/C17H17Cl3N2O/c18-14-6-5-12(16(20)9-14)7-8-22-17(23)11-21-10-13-3-1-2-4-15(13)19/h1-6,9,21H,7-8,10-11H2,(H,22,23). The number of amides is 1. The van der Waals surface area contributed by atoms with E-state index in [1.807, 2.05) is 30.3 Å². The minimum Gasteiger partial charge on any atom is -0.355 e. The topological polar surface area (TPSA) is 41.1 Å². The molecule has 23 heavy (non-hydrogen) atoms. The summed E-state index contributed by atoms with van der Waals surface area (Å²) in [5.41, 5.74) is 1.93. The molecule has 2 N–H and O–H groups in total. The van der Waals surface area contributed by atoms with Gasteiger partial charge in [-0.1, -0.05) is 59.1 Å². The summed E-state index contributed by atoms with van der Waals surface area (Å²) in [6, 6.07) is 12.9. The quantitative estimate of drug-likeness (QED) is 0.769. The van der Waals surface area contributed by atoms with Crippen molar-refractivity contribution in [1.29, 1.82) is 0 Å². The lowest BCUT2D eigenvalue weighted by Crippen LogP contribution is -2.34. The molecular weight excluding hydrogens is 355 g/mol. The molecule has 0 fully saturated rings. The van der Waals surface area contributed by atoms with E-state index < -0.39 is 0 Å². The van der Waals surface area contributed by atoms with E-state index in [-0.39, 0.29) is 12.5 Å². The van der Waals surface area contributed by atoms with Crippen LogP contribution in [0.15, 0.2) is 42.5 Å². The summed E-state index contributed by atoms with van der Waals surface area (Å²) in [5.74, 6) is -0.0675. The number of nitrogens with one attached hydrogen (secondary N) is 2. The van der Waals surface area contributed by atoms with E-state index in [1.165, 1.54) is 0 Å². The lowest BCUT2D eigenvalue weighted by atomic mass is 10.1. The number of hydrogen-bond donors (Lipinski definition) is 2. The Morgan fingerprint density at radius 2 is 1.74 bits per heavy atom. The highest BCUT2D eigenvalue weighted by molar-refractivity contribution is 6.35. The molecule has 0 atom stereocenters. The van der Waals surface area contributed by atoms with Gasteiger partial charge in [0.15, 0.2) is 0 Å². The van der Waals surface area contributed by atoms with Crippen molar-refractivity contribution in [1.82, 2.24) is 10.6 Å². The number of halogens is 3. The molecule has 0 aromatic heterocycles. The van der Waals surface area contributed by atoms with Crippen molar-refractivity contribution in [3.8, 4) is 0 Å². The Labute approximate surface area is 150 Å². The molecule has 6 heteroatoms. The van der Waals surface area contributed by atoms with Crippen LogP contribution in [0.2, 0.25) is 15.1 Å². The Bertz CT molecular complexity index is 677. The van der Waals surface area contributed by atoms with Gasteiger partial charge in [0.1, 0.15) is 0 Å². The second-order valence-corrected chi connectivity index (χ2v) is 6.28. The van der Waals surface area contributed by atoms with E-state index >= 15 is 0 Å². The molecule has 2 aromatic rings. The number of hydrogen-bond acceptors (Lipinski definition) is 2. The number of benzene rings is 2. The Morgan fingerprint density at radius 1 is 0.957 bits per heavy atom. The van der Waals surface area contributed by atoms with Crippen LogP contribution in [0.5, 0.6) is 0 Å². The number of carbonyl (C=O) groups is 1. The SMILES string of the molecule is O=C(CNCc1ccccc1Cl)NCCc1ccc(Cl)cc1Cl. The molecule has 3 nitrogen and oxygen atoms in total. The average Bonchev–Trinajstić information content (AvgIpc) is 2.51. The first-order chi connectivity index (χ1) is 11.1. The van der Waals surface area contributed by atoms with Crippen LogP contribution in [0.3, 0.4) is 0 Å². The monoisotopic (exact) mass is 370 g/mol. The van der Waals surface area contributed by atoms with Gasteiger partial charge in [0.05, 0.1) is 6.54 Å². The van der Waals surface area contributed by atoms with E-state index in [2.05, 4.69) is 10.6 Å². The Balaban J connectivity index is 1.68. The van der Waals surface area contributed by atoms with Crippen molar-refractivity contribution in [2.45, 2.75) is 13.0 Å². The number of rotatable bonds is 7. The van der Waals surface area contributed by atoms with Crippen LogP contribution in [0.4, 0.5) is 0 Å². The smallest absolute Gasteiger partial charge is 0.233 e. The highest BCUT2D eigenvalue weighted by Gasteiger charge is 2.04. The van der Waals surface area contributed by atoms with Gasteiger partial charge in [-0.15, -0.1) is 0 Å². The summed E-state index contributed by atoms with van der Waals surface area (Å²) in [6.07, 6.45) is 0.659. The Morgan fingerprint density at radius 3 is 2.48 bits per heavy atom. The molecule has 0 saturated heterocycles. The third-order valence-corrected chi connectivity index (χ3v) is 4.25. The van der Waals surface area contributed by atoms with Crippen molar-refractivity contribution in [2.24, 2.45) is 0 Å². The molecule has 0 heterocycles. The Hall–Kier alpha value is -1.26. The lowest BCUT2D eigenvalue weighted by molar-refractivity contribution is -0.120. The van der Waals surface area contributed by atoms with E-state index in [4.69, 9.17) is 34.8 Å². The molecule has 0 aliphatic heterocycles. The van der Waals surface area contributed by atoms with Crippen LogP contribution in [0.1, 0.15) is 11.1 Å².